The summed E-state index contributed by atoms with van der Waals surface area (Å²) in [6.45, 7) is 0.364. The molecule has 6 heteroatoms. The molecule has 1 fully saturated rings. The molecule has 0 spiro atoms. The van der Waals surface area contributed by atoms with Crippen molar-refractivity contribution in [1.82, 2.24) is 4.71 Å². The van der Waals surface area contributed by atoms with Gasteiger partial charge in [0.1, 0.15) is 18.7 Å². The molecular weight excluding hydrogens is 253 g/mol. The second-order valence-electron chi connectivity index (χ2n) is 4.31. The molecule has 2 rings (SSSR count). The predicted octanol–water partition coefficient (Wildman–Crippen LogP) is 1.67. The largest absolute Gasteiger partial charge is 0.465 e. The Hall–Kier alpha value is -1.50. The third kappa shape index (κ3) is 2.75. The van der Waals surface area contributed by atoms with Gasteiger partial charge < -0.3 is 14.2 Å². The van der Waals surface area contributed by atoms with Crippen LogP contribution in [0, 0.1) is 0 Å². The maximum absolute atomic E-state index is 15.1. The lowest BCUT2D eigenvalue weighted by molar-refractivity contribution is -0.195. The number of para-hydroxylation sites is 1. The average Bonchev–Trinajstić information content (AvgIpc) is 2.46. The van der Waals surface area contributed by atoms with E-state index in [1.807, 2.05) is 0 Å². The summed E-state index contributed by atoms with van der Waals surface area (Å²) in [5.74, 6) is -0.550. The molecule has 1 aliphatic rings. The molecule has 0 bridgehead atoms. The van der Waals surface area contributed by atoms with Gasteiger partial charge in [-0.2, -0.15) is 0 Å². The summed E-state index contributed by atoms with van der Waals surface area (Å²) in [6, 6.07) is 6.51. The number of hydrogen-bond acceptors (Lipinski definition) is 4. The number of nitrogens with zero attached hydrogens (tertiary/aromatic N) is 1. The fraction of sp³-hybridized carbons (Fsp3) is 0.462. The number of ether oxygens (including phenoxy) is 3. The fourth-order valence-electron chi connectivity index (χ4n) is 2.18. The van der Waals surface area contributed by atoms with Crippen LogP contribution < -0.4 is 4.71 Å². The third-order valence-electron chi connectivity index (χ3n) is 3.19. The van der Waals surface area contributed by atoms with E-state index in [0.29, 0.717) is 0 Å². The van der Waals surface area contributed by atoms with Gasteiger partial charge in [0, 0.05) is 17.7 Å². The van der Waals surface area contributed by atoms with Gasteiger partial charge >= 0.3 is 5.97 Å². The topological polar surface area (TPSA) is 44.8 Å². The highest BCUT2D eigenvalue weighted by atomic mass is 19.2. The van der Waals surface area contributed by atoms with Crippen molar-refractivity contribution in [3.8, 4) is 0 Å². The Labute approximate surface area is 111 Å². The second kappa shape index (κ2) is 5.64. The number of halogens is 1. The first kappa shape index (κ1) is 13.9. The van der Waals surface area contributed by atoms with Gasteiger partial charge in [-0.3, -0.25) is 0 Å². The van der Waals surface area contributed by atoms with E-state index in [4.69, 9.17) is 9.47 Å². The van der Waals surface area contributed by atoms with E-state index in [2.05, 4.69) is 4.74 Å². The number of esters is 1. The van der Waals surface area contributed by atoms with E-state index in [1.165, 1.54) is 14.2 Å². The summed E-state index contributed by atoms with van der Waals surface area (Å²) in [7, 11) is 2.74. The number of methoxy groups -OCH3 is 2. The molecule has 0 amide bonds. The predicted molar refractivity (Wildman–Crippen MR) is 67.2 cm³/mol. The number of hydrogen-bond donors (Lipinski definition) is 0. The lowest BCUT2D eigenvalue weighted by Crippen LogP contribution is -2.54. The molecule has 1 aromatic rings. The monoisotopic (exact) mass is 270 g/mol. The number of carbonyl (C=O) groups excluding carboxylic acids is 1. The summed E-state index contributed by atoms with van der Waals surface area (Å²) in [6.07, 6.45) is -0.621. The Morgan fingerprint density at radius 2 is 2.16 bits per heavy atom. The first-order chi connectivity index (χ1) is 9.10. The molecule has 1 aromatic carbocycles. The molecule has 19 heavy (non-hydrogen) atoms. The highest BCUT2D eigenvalue weighted by molar-refractivity contribution is 5.95. The minimum Gasteiger partial charge on any atom is -0.465 e. The Balaban J connectivity index is 2.37. The van der Waals surface area contributed by atoms with Crippen LogP contribution in [0.4, 0.5) is 10.2 Å². The van der Waals surface area contributed by atoms with Crippen LogP contribution in [0.3, 0.4) is 0 Å². The van der Waals surface area contributed by atoms with Crippen molar-refractivity contribution in [2.24, 2.45) is 0 Å². The van der Waals surface area contributed by atoms with Crippen molar-refractivity contribution in [2.75, 3.05) is 33.9 Å². The van der Waals surface area contributed by atoms with Gasteiger partial charge in [-0.15, -0.1) is 0 Å². The lowest BCUT2D eigenvalue weighted by Gasteiger charge is -2.33. The van der Waals surface area contributed by atoms with Crippen LogP contribution in [-0.2, 0) is 14.2 Å². The van der Waals surface area contributed by atoms with E-state index in [1.54, 1.807) is 24.3 Å². The van der Waals surface area contributed by atoms with Crippen LogP contribution in [-0.4, -0.2) is 46.2 Å². The van der Waals surface area contributed by atoms with Gasteiger partial charge in [0.15, 0.2) is 12.2 Å². The Kier molecular flexibility index (Phi) is 4.14. The number of benzene rings is 1. The zero-order valence-corrected chi connectivity index (χ0v) is 11.0. The molecule has 0 saturated carbocycles. The van der Waals surface area contributed by atoms with Gasteiger partial charge in [-0.25, -0.2) is 4.79 Å². The van der Waals surface area contributed by atoms with Crippen molar-refractivity contribution < 1.29 is 23.5 Å². The summed E-state index contributed by atoms with van der Waals surface area (Å²) in [5.41, 5.74) is 0.504. The number of rotatable bonds is 3. The fourth-order valence-corrected chi connectivity index (χ4v) is 2.18. The van der Waals surface area contributed by atoms with Gasteiger partial charge in [-0.05, 0) is 6.07 Å². The molecule has 1 aliphatic heterocycles. The smallest absolute Gasteiger partial charge is 0.344 e. The molecule has 104 valence electrons. The summed E-state index contributed by atoms with van der Waals surface area (Å²) >= 11 is 0. The first-order valence-corrected chi connectivity index (χ1v) is 6.00. The Morgan fingerprint density at radius 1 is 1.42 bits per heavy atom. The van der Waals surface area contributed by atoms with Gasteiger partial charge in [-0.1, -0.05) is 16.8 Å². The normalized spacial score (nSPS) is 27.0. The molecule has 2 atom stereocenters. The average molecular weight is 270 g/mol. The minimum atomic E-state index is -0.899. The van der Waals surface area contributed by atoms with E-state index in [0.717, 1.165) is 0 Å². The SMILES string of the molecule is COC(=O)c1ccccc1[N+]1(F)CCOC(OC)C1. The van der Waals surface area contributed by atoms with Crippen LogP contribution in [0.1, 0.15) is 10.4 Å². The van der Waals surface area contributed by atoms with E-state index in [9.17, 15) is 4.79 Å². The minimum absolute atomic E-state index is 0.00447. The molecule has 0 radical (unpaired) electrons. The molecule has 2 unspecified atom stereocenters. The standard InChI is InChI=1S/C13H17FNO4/c1-17-12-9-15(14,7-8-19-12)11-6-4-3-5-10(11)13(16)18-2/h3-6,12H,7-9H2,1-2H3/q+1. The van der Waals surface area contributed by atoms with Crippen LogP contribution in [0.25, 0.3) is 0 Å². The Bertz CT molecular complexity index is 468. The maximum Gasteiger partial charge on any atom is 0.344 e. The van der Waals surface area contributed by atoms with Crippen molar-refractivity contribution in [3.05, 3.63) is 29.8 Å². The van der Waals surface area contributed by atoms with Gasteiger partial charge in [0.2, 0.25) is 6.29 Å². The summed E-state index contributed by atoms with van der Waals surface area (Å²) < 4.78 is 29.2. The summed E-state index contributed by atoms with van der Waals surface area (Å²) in [4.78, 5) is 11.7. The van der Waals surface area contributed by atoms with E-state index < -0.39 is 17.0 Å². The van der Waals surface area contributed by atoms with Gasteiger partial charge in [0.05, 0.1) is 7.11 Å². The zero-order valence-electron chi connectivity index (χ0n) is 11.0. The van der Waals surface area contributed by atoms with Crippen LogP contribution >= 0.6 is 0 Å². The van der Waals surface area contributed by atoms with Crippen molar-refractivity contribution >= 4 is 11.7 Å². The molecule has 5 nitrogen and oxygen atoms in total. The summed E-state index contributed by atoms with van der Waals surface area (Å²) in [5, 5.41) is 0. The second-order valence-corrected chi connectivity index (χ2v) is 4.31. The molecule has 0 aliphatic carbocycles. The number of carbonyl (C=O) groups is 1. The molecule has 0 aromatic heterocycles. The van der Waals surface area contributed by atoms with Crippen LogP contribution in [0.5, 0.6) is 0 Å². The lowest BCUT2D eigenvalue weighted by atomic mass is 10.1. The zero-order chi connectivity index (χ0) is 13.9. The van der Waals surface area contributed by atoms with Crippen molar-refractivity contribution in [2.45, 2.75) is 6.29 Å². The van der Waals surface area contributed by atoms with Crippen LogP contribution in [0.2, 0.25) is 0 Å². The molecule has 1 heterocycles. The van der Waals surface area contributed by atoms with Crippen molar-refractivity contribution in [3.63, 3.8) is 0 Å². The van der Waals surface area contributed by atoms with Crippen molar-refractivity contribution in [1.29, 1.82) is 0 Å². The Morgan fingerprint density at radius 3 is 2.84 bits per heavy atom. The molecule has 1 saturated heterocycles. The van der Waals surface area contributed by atoms with Crippen LogP contribution in [0.15, 0.2) is 24.3 Å². The van der Waals surface area contributed by atoms with E-state index in [-0.39, 0.29) is 30.9 Å². The highest BCUT2D eigenvalue weighted by Gasteiger charge is 2.42. The number of quaternary nitrogens is 1. The quantitative estimate of drug-likeness (QED) is 0.619. The highest BCUT2D eigenvalue weighted by Crippen LogP contribution is 2.31. The maximum atomic E-state index is 15.1. The third-order valence-corrected chi connectivity index (χ3v) is 3.19. The number of morpholine rings is 1. The molecule has 0 N–H and O–H groups in total. The van der Waals surface area contributed by atoms with Gasteiger partial charge in [0.25, 0.3) is 0 Å². The first-order valence-electron chi connectivity index (χ1n) is 6.00. The molecular formula is C13H17FNO4+. The van der Waals surface area contributed by atoms with E-state index >= 15 is 4.48 Å².